The molecule has 4 rings (SSSR count). The lowest BCUT2D eigenvalue weighted by Gasteiger charge is -2.23. The van der Waals surface area contributed by atoms with E-state index in [9.17, 15) is 14.4 Å². The topological polar surface area (TPSA) is 84.9 Å². The molecule has 2 aliphatic heterocycles. The predicted octanol–water partition coefficient (Wildman–Crippen LogP) is 3.37. The first-order valence-electron chi connectivity index (χ1n) is 8.32. The van der Waals surface area contributed by atoms with Crippen molar-refractivity contribution in [1.82, 2.24) is 10.2 Å². The first kappa shape index (κ1) is 18.6. The summed E-state index contributed by atoms with van der Waals surface area (Å²) in [5.74, 6) is 0.00130. The Labute approximate surface area is 170 Å². The van der Waals surface area contributed by atoms with Crippen LogP contribution in [0, 0.1) is 0 Å². The zero-order valence-electron chi connectivity index (χ0n) is 14.6. The molecule has 0 spiro atoms. The lowest BCUT2D eigenvalue weighted by Crippen LogP contribution is -2.41. The van der Waals surface area contributed by atoms with Crippen LogP contribution in [0.25, 0.3) is 0 Å². The first-order chi connectivity index (χ1) is 13.3. The van der Waals surface area contributed by atoms with Gasteiger partial charge >= 0.3 is 6.03 Å². The fourth-order valence-electron chi connectivity index (χ4n) is 3.22. The number of halogens is 2. The SMILES string of the molecule is C[C@]1(c2ccc(Cl)cc2Cl)NC(=O)N(CC(=O)c2ccc3c(c2)OCO3)C1=O. The highest BCUT2D eigenvalue weighted by Crippen LogP contribution is 2.36. The minimum absolute atomic E-state index is 0.0835. The van der Waals surface area contributed by atoms with E-state index >= 15 is 0 Å². The number of hydrogen-bond acceptors (Lipinski definition) is 5. The number of Topliss-reactive ketones (excluding diaryl/α,β-unsaturated/α-hetero) is 1. The van der Waals surface area contributed by atoms with Crippen molar-refractivity contribution in [3.05, 3.63) is 57.6 Å². The molecule has 7 nitrogen and oxygen atoms in total. The molecule has 1 N–H and O–H groups in total. The van der Waals surface area contributed by atoms with Crippen LogP contribution in [0.4, 0.5) is 4.79 Å². The Kier molecular flexibility index (Phi) is 4.44. The average Bonchev–Trinajstić information content (AvgIpc) is 3.19. The quantitative estimate of drug-likeness (QED) is 0.605. The molecule has 0 aromatic heterocycles. The van der Waals surface area contributed by atoms with Gasteiger partial charge in [-0.1, -0.05) is 29.3 Å². The van der Waals surface area contributed by atoms with E-state index in [2.05, 4.69) is 5.32 Å². The standard InChI is InChI=1S/C19H14Cl2N2O5/c1-19(12-4-3-11(20)7-13(12)21)17(25)23(18(26)22-19)8-14(24)10-2-5-15-16(6-10)28-9-27-15/h2-7H,8-9H2,1H3,(H,22,26)/t19-/m1/s1. The number of carbonyl (C=O) groups excluding carboxylic acids is 3. The van der Waals surface area contributed by atoms with Crippen LogP contribution >= 0.6 is 23.2 Å². The maximum Gasteiger partial charge on any atom is 0.325 e. The summed E-state index contributed by atoms with van der Waals surface area (Å²) in [7, 11) is 0. The molecule has 2 aliphatic rings. The number of ether oxygens (including phenoxy) is 2. The molecule has 0 saturated carbocycles. The number of rotatable bonds is 4. The Bertz CT molecular complexity index is 1030. The van der Waals surface area contributed by atoms with Crippen LogP contribution in [0.5, 0.6) is 11.5 Å². The molecule has 1 atom stereocenters. The number of fused-ring (bicyclic) bond motifs is 1. The van der Waals surface area contributed by atoms with E-state index in [4.69, 9.17) is 32.7 Å². The summed E-state index contributed by atoms with van der Waals surface area (Å²) in [6, 6.07) is 8.66. The van der Waals surface area contributed by atoms with Crippen molar-refractivity contribution in [1.29, 1.82) is 0 Å². The number of hydrogen-bond donors (Lipinski definition) is 1. The summed E-state index contributed by atoms with van der Waals surface area (Å²) >= 11 is 12.1. The number of benzene rings is 2. The predicted molar refractivity (Wildman–Crippen MR) is 101 cm³/mol. The van der Waals surface area contributed by atoms with Crippen molar-refractivity contribution in [3.8, 4) is 11.5 Å². The molecule has 2 aromatic carbocycles. The number of imide groups is 1. The molecule has 28 heavy (non-hydrogen) atoms. The smallest absolute Gasteiger partial charge is 0.325 e. The van der Waals surface area contributed by atoms with Crippen LogP contribution < -0.4 is 14.8 Å². The van der Waals surface area contributed by atoms with Crippen molar-refractivity contribution in [3.63, 3.8) is 0 Å². The number of carbonyl (C=O) groups is 3. The molecule has 3 amide bonds. The van der Waals surface area contributed by atoms with E-state index < -0.39 is 29.8 Å². The van der Waals surface area contributed by atoms with Gasteiger partial charge in [0.2, 0.25) is 6.79 Å². The van der Waals surface area contributed by atoms with Gasteiger partial charge < -0.3 is 14.8 Å². The summed E-state index contributed by atoms with van der Waals surface area (Å²) in [6.07, 6.45) is 0. The number of urea groups is 1. The van der Waals surface area contributed by atoms with Gasteiger partial charge in [0.15, 0.2) is 17.3 Å². The second-order valence-electron chi connectivity index (χ2n) is 6.56. The number of amides is 3. The zero-order valence-corrected chi connectivity index (χ0v) is 16.1. The Morgan fingerprint density at radius 1 is 1.14 bits per heavy atom. The third-order valence-electron chi connectivity index (χ3n) is 4.74. The molecule has 2 heterocycles. The van der Waals surface area contributed by atoms with Gasteiger partial charge in [-0.15, -0.1) is 0 Å². The average molecular weight is 421 g/mol. The molecule has 0 aliphatic carbocycles. The fraction of sp³-hybridized carbons (Fsp3) is 0.211. The molecule has 1 fully saturated rings. The van der Waals surface area contributed by atoms with Gasteiger partial charge in [0, 0.05) is 21.2 Å². The zero-order chi connectivity index (χ0) is 20.1. The van der Waals surface area contributed by atoms with E-state index in [0.717, 1.165) is 4.90 Å². The minimum atomic E-state index is -1.39. The summed E-state index contributed by atoms with van der Waals surface area (Å²) in [5, 5.41) is 3.27. The molecule has 0 unspecified atom stereocenters. The second kappa shape index (κ2) is 6.68. The molecule has 144 valence electrons. The monoisotopic (exact) mass is 420 g/mol. The van der Waals surface area contributed by atoms with E-state index in [0.29, 0.717) is 27.6 Å². The van der Waals surface area contributed by atoms with Crippen molar-refractivity contribution < 1.29 is 23.9 Å². The van der Waals surface area contributed by atoms with Crippen molar-refractivity contribution in [2.75, 3.05) is 13.3 Å². The lowest BCUT2D eigenvalue weighted by molar-refractivity contribution is -0.130. The summed E-state index contributed by atoms with van der Waals surface area (Å²) in [4.78, 5) is 38.9. The van der Waals surface area contributed by atoms with Crippen LogP contribution in [0.3, 0.4) is 0 Å². The van der Waals surface area contributed by atoms with Crippen molar-refractivity contribution in [2.24, 2.45) is 0 Å². The van der Waals surface area contributed by atoms with Gasteiger partial charge in [-0.25, -0.2) is 4.79 Å². The maximum atomic E-state index is 13.0. The highest BCUT2D eigenvalue weighted by Gasteiger charge is 2.50. The Morgan fingerprint density at radius 3 is 2.64 bits per heavy atom. The lowest BCUT2D eigenvalue weighted by atomic mass is 9.92. The Balaban J connectivity index is 1.58. The van der Waals surface area contributed by atoms with E-state index in [1.165, 1.54) is 19.1 Å². The van der Waals surface area contributed by atoms with E-state index in [-0.39, 0.29) is 11.8 Å². The van der Waals surface area contributed by atoms with Crippen LogP contribution in [-0.4, -0.2) is 36.0 Å². The van der Waals surface area contributed by atoms with E-state index in [1.54, 1.807) is 24.3 Å². The van der Waals surface area contributed by atoms with Crippen molar-refractivity contribution >= 4 is 40.9 Å². The number of ketones is 1. The maximum absolute atomic E-state index is 13.0. The van der Waals surface area contributed by atoms with Crippen LogP contribution in [0.2, 0.25) is 10.0 Å². The third kappa shape index (κ3) is 2.96. The van der Waals surface area contributed by atoms with Gasteiger partial charge in [0.25, 0.3) is 5.91 Å². The number of nitrogens with zero attached hydrogens (tertiary/aromatic N) is 1. The Morgan fingerprint density at radius 2 is 1.89 bits per heavy atom. The summed E-state index contributed by atoms with van der Waals surface area (Å²) in [5.41, 5.74) is -0.689. The molecule has 9 heteroatoms. The van der Waals surface area contributed by atoms with Crippen LogP contribution in [-0.2, 0) is 10.3 Å². The third-order valence-corrected chi connectivity index (χ3v) is 5.29. The minimum Gasteiger partial charge on any atom is -0.454 e. The Hall–Kier alpha value is -2.77. The van der Waals surface area contributed by atoms with E-state index in [1.807, 2.05) is 0 Å². The highest BCUT2D eigenvalue weighted by molar-refractivity contribution is 6.35. The molecule has 0 radical (unpaired) electrons. The largest absolute Gasteiger partial charge is 0.454 e. The molecule has 2 aromatic rings. The fourth-order valence-corrected chi connectivity index (χ4v) is 3.82. The number of nitrogens with one attached hydrogen (secondary N) is 1. The van der Waals surface area contributed by atoms with Crippen LogP contribution in [0.1, 0.15) is 22.8 Å². The van der Waals surface area contributed by atoms with Gasteiger partial charge in [-0.3, -0.25) is 14.5 Å². The molecular weight excluding hydrogens is 407 g/mol. The molecule has 0 bridgehead atoms. The van der Waals surface area contributed by atoms with Gasteiger partial charge in [-0.05, 0) is 37.3 Å². The van der Waals surface area contributed by atoms with Gasteiger partial charge in [0.1, 0.15) is 5.54 Å². The molecule has 1 saturated heterocycles. The normalized spacial score (nSPS) is 20.5. The van der Waals surface area contributed by atoms with Crippen LogP contribution in [0.15, 0.2) is 36.4 Å². The van der Waals surface area contributed by atoms with Gasteiger partial charge in [0.05, 0.1) is 6.54 Å². The van der Waals surface area contributed by atoms with Gasteiger partial charge in [-0.2, -0.15) is 0 Å². The molecular formula is C19H14Cl2N2O5. The second-order valence-corrected chi connectivity index (χ2v) is 7.41. The summed E-state index contributed by atoms with van der Waals surface area (Å²) in [6.45, 7) is 1.21. The highest BCUT2D eigenvalue weighted by atomic mass is 35.5. The summed E-state index contributed by atoms with van der Waals surface area (Å²) < 4.78 is 10.5. The van der Waals surface area contributed by atoms with Crippen molar-refractivity contribution in [2.45, 2.75) is 12.5 Å². The first-order valence-corrected chi connectivity index (χ1v) is 9.07.